The molecule has 1 rings (SSSR count). The Kier molecular flexibility index (Phi) is 11.1. The largest absolute Gasteiger partial charge is 0.383 e. The molecule has 0 bridgehead atoms. The lowest BCUT2D eigenvalue weighted by molar-refractivity contribution is -0.122. The summed E-state index contributed by atoms with van der Waals surface area (Å²) in [7, 11) is 1.64. The molecule has 1 heterocycles. The molecule has 1 N–H and O–H groups in total. The highest BCUT2D eigenvalue weighted by Gasteiger charge is 2.19. The molecule has 110 valence electrons. The first-order valence-corrected chi connectivity index (χ1v) is 7.24. The van der Waals surface area contributed by atoms with Crippen molar-refractivity contribution in [1.29, 1.82) is 0 Å². The summed E-state index contributed by atoms with van der Waals surface area (Å²) in [5, 5.41) is 2.85. The van der Waals surface area contributed by atoms with E-state index in [1.54, 1.807) is 7.11 Å². The Hall–Kier alpha value is -0.610. The fourth-order valence-corrected chi connectivity index (χ4v) is 2.10. The van der Waals surface area contributed by atoms with Gasteiger partial charge in [-0.1, -0.05) is 27.2 Å². The zero-order chi connectivity index (χ0) is 13.8. The van der Waals surface area contributed by atoms with Crippen molar-refractivity contribution in [2.45, 2.75) is 40.0 Å². The highest BCUT2D eigenvalue weighted by atomic mass is 16.5. The normalized spacial score (nSPS) is 16.9. The molecular formula is C14H32N2O2. The van der Waals surface area contributed by atoms with Crippen LogP contribution in [-0.2, 0) is 9.53 Å². The van der Waals surface area contributed by atoms with Crippen molar-refractivity contribution in [2.24, 2.45) is 5.92 Å². The molecule has 1 aliphatic rings. The molecule has 1 amide bonds. The number of carbonyl (C=O) groups is 1. The number of nitrogens with one attached hydrogen (secondary N) is 1. The van der Waals surface area contributed by atoms with Crippen molar-refractivity contribution in [3.63, 3.8) is 0 Å². The maximum absolute atomic E-state index is 11.5. The van der Waals surface area contributed by atoms with Gasteiger partial charge in [0, 0.05) is 15.1 Å². The second kappa shape index (κ2) is 11.5. The summed E-state index contributed by atoms with van der Waals surface area (Å²) in [4.78, 5) is 13.8. The van der Waals surface area contributed by atoms with Crippen LogP contribution in [0, 0.1) is 5.92 Å². The van der Waals surface area contributed by atoms with Gasteiger partial charge in [0.2, 0.25) is 5.91 Å². The van der Waals surface area contributed by atoms with E-state index in [-0.39, 0.29) is 7.33 Å². The Morgan fingerprint density at radius 1 is 1.39 bits per heavy atom. The third-order valence-corrected chi connectivity index (χ3v) is 3.28. The number of amides is 1. The van der Waals surface area contributed by atoms with Gasteiger partial charge in [0.1, 0.15) is 0 Å². The van der Waals surface area contributed by atoms with Crippen molar-refractivity contribution in [3.05, 3.63) is 0 Å². The zero-order valence-electron chi connectivity index (χ0n) is 12.5. The first-order chi connectivity index (χ1) is 8.76. The molecule has 0 aromatic rings. The van der Waals surface area contributed by atoms with Crippen LogP contribution in [0.4, 0.5) is 0 Å². The average molecular weight is 260 g/mol. The van der Waals surface area contributed by atoms with Crippen molar-refractivity contribution < 1.29 is 11.0 Å². The van der Waals surface area contributed by atoms with E-state index in [1.807, 2.05) is 13.8 Å². The summed E-state index contributed by atoms with van der Waals surface area (Å²) in [6.45, 7) is 10.1. The Morgan fingerprint density at radius 2 is 2.00 bits per heavy atom. The summed E-state index contributed by atoms with van der Waals surface area (Å²) in [5.41, 5.74) is 0. The Balaban J connectivity index is 0. The van der Waals surface area contributed by atoms with E-state index >= 15 is 0 Å². The maximum atomic E-state index is 11.5. The minimum absolute atomic E-state index is 0. The lowest BCUT2D eigenvalue weighted by atomic mass is 9.94. The van der Waals surface area contributed by atoms with Gasteiger partial charge in [0.05, 0.1) is 13.2 Å². The first kappa shape index (κ1) is 17.4. The van der Waals surface area contributed by atoms with Gasteiger partial charge in [-0.15, -0.1) is 0 Å². The SMILES string of the molecule is CC.CCC1CCN(CC(=O)NCCOC)CC1.[HH]. The number of hydrogen-bond acceptors (Lipinski definition) is 3. The molecule has 4 nitrogen and oxygen atoms in total. The number of methoxy groups -OCH3 is 1. The third-order valence-electron chi connectivity index (χ3n) is 3.28. The number of likely N-dealkylation sites (tertiary alicyclic amines) is 1. The number of rotatable bonds is 6. The van der Waals surface area contributed by atoms with Gasteiger partial charge in [0.25, 0.3) is 0 Å². The Morgan fingerprint density at radius 3 is 2.50 bits per heavy atom. The zero-order valence-corrected chi connectivity index (χ0v) is 12.5. The lowest BCUT2D eigenvalue weighted by Gasteiger charge is -2.30. The molecular weight excluding hydrogens is 228 g/mol. The number of ether oxygens (including phenoxy) is 1. The minimum atomic E-state index is 0. The monoisotopic (exact) mass is 260 g/mol. The van der Waals surface area contributed by atoms with Gasteiger partial charge in [-0.25, -0.2) is 0 Å². The van der Waals surface area contributed by atoms with E-state index in [4.69, 9.17) is 4.74 Å². The van der Waals surface area contributed by atoms with E-state index < -0.39 is 0 Å². The van der Waals surface area contributed by atoms with Crippen LogP contribution in [0.1, 0.15) is 41.5 Å². The summed E-state index contributed by atoms with van der Waals surface area (Å²) in [5.74, 6) is 0.986. The van der Waals surface area contributed by atoms with E-state index in [1.165, 1.54) is 19.3 Å². The summed E-state index contributed by atoms with van der Waals surface area (Å²) >= 11 is 0. The molecule has 0 radical (unpaired) electrons. The highest BCUT2D eigenvalue weighted by molar-refractivity contribution is 5.77. The van der Waals surface area contributed by atoms with Crippen molar-refractivity contribution in [1.82, 2.24) is 10.2 Å². The lowest BCUT2D eigenvalue weighted by Crippen LogP contribution is -2.42. The summed E-state index contributed by atoms with van der Waals surface area (Å²) in [6.07, 6.45) is 3.75. The third kappa shape index (κ3) is 7.67. The molecule has 0 aromatic carbocycles. The van der Waals surface area contributed by atoms with Crippen LogP contribution < -0.4 is 5.32 Å². The Labute approximate surface area is 114 Å². The molecule has 1 aliphatic heterocycles. The van der Waals surface area contributed by atoms with Crippen molar-refractivity contribution in [2.75, 3.05) is 39.9 Å². The van der Waals surface area contributed by atoms with Crippen LogP contribution >= 0.6 is 0 Å². The quantitative estimate of drug-likeness (QED) is 0.744. The summed E-state index contributed by atoms with van der Waals surface area (Å²) in [6, 6.07) is 0. The van der Waals surface area contributed by atoms with Crippen LogP contribution in [0.25, 0.3) is 0 Å². The van der Waals surface area contributed by atoms with Gasteiger partial charge < -0.3 is 10.1 Å². The second-order valence-electron chi connectivity index (χ2n) is 4.47. The van der Waals surface area contributed by atoms with Crippen molar-refractivity contribution in [3.8, 4) is 0 Å². The molecule has 1 fully saturated rings. The first-order valence-electron chi connectivity index (χ1n) is 7.24. The van der Waals surface area contributed by atoms with E-state index in [0.29, 0.717) is 19.7 Å². The van der Waals surface area contributed by atoms with Crippen LogP contribution in [0.3, 0.4) is 0 Å². The smallest absolute Gasteiger partial charge is 0.234 e. The highest BCUT2D eigenvalue weighted by Crippen LogP contribution is 2.19. The van der Waals surface area contributed by atoms with Gasteiger partial charge in [-0.05, 0) is 31.8 Å². The van der Waals surface area contributed by atoms with Gasteiger partial charge in [0.15, 0.2) is 0 Å². The fourth-order valence-electron chi connectivity index (χ4n) is 2.10. The molecule has 0 aromatic heterocycles. The van der Waals surface area contributed by atoms with E-state index in [9.17, 15) is 4.79 Å². The number of carbonyl (C=O) groups excluding carboxylic acids is 1. The van der Waals surface area contributed by atoms with E-state index in [0.717, 1.165) is 19.0 Å². The Bertz CT molecular complexity index is 208. The number of piperidine rings is 1. The second-order valence-corrected chi connectivity index (χ2v) is 4.47. The van der Waals surface area contributed by atoms with Crippen LogP contribution in [-0.4, -0.2) is 50.7 Å². The number of hydrogen-bond donors (Lipinski definition) is 1. The molecule has 0 atom stereocenters. The molecule has 0 spiro atoms. The van der Waals surface area contributed by atoms with Gasteiger partial charge in [-0.3, -0.25) is 9.69 Å². The maximum Gasteiger partial charge on any atom is 0.234 e. The summed E-state index contributed by atoms with van der Waals surface area (Å²) < 4.78 is 4.88. The predicted molar refractivity (Wildman–Crippen MR) is 77.8 cm³/mol. The van der Waals surface area contributed by atoms with Crippen LogP contribution in [0.5, 0.6) is 0 Å². The molecule has 0 aliphatic carbocycles. The topological polar surface area (TPSA) is 41.6 Å². The van der Waals surface area contributed by atoms with Gasteiger partial charge >= 0.3 is 0 Å². The molecule has 4 heteroatoms. The molecule has 0 unspecified atom stereocenters. The molecule has 18 heavy (non-hydrogen) atoms. The average Bonchev–Trinajstić information content (AvgIpc) is 2.42. The minimum Gasteiger partial charge on any atom is -0.383 e. The molecule has 1 saturated heterocycles. The predicted octanol–water partition coefficient (Wildman–Crippen LogP) is 2.14. The fraction of sp³-hybridized carbons (Fsp3) is 0.929. The van der Waals surface area contributed by atoms with Crippen molar-refractivity contribution >= 4 is 5.91 Å². The van der Waals surface area contributed by atoms with Crippen LogP contribution in [0.2, 0.25) is 0 Å². The number of nitrogens with zero attached hydrogens (tertiary/aromatic N) is 1. The molecule has 0 saturated carbocycles. The van der Waals surface area contributed by atoms with Gasteiger partial charge in [-0.2, -0.15) is 0 Å². The standard InChI is InChI=1S/C12H24N2O2.C2H6.H2/c1-3-11-4-7-14(8-5-11)10-12(15)13-6-9-16-2;1-2;/h11H,3-10H2,1-2H3,(H,13,15);1-2H3;1H. The van der Waals surface area contributed by atoms with Crippen LogP contribution in [0.15, 0.2) is 0 Å². The van der Waals surface area contributed by atoms with E-state index in [2.05, 4.69) is 17.1 Å².